The second-order valence-electron chi connectivity index (χ2n) is 4.57. The summed E-state index contributed by atoms with van der Waals surface area (Å²) in [7, 11) is 0. The first-order chi connectivity index (χ1) is 9.93. The summed E-state index contributed by atoms with van der Waals surface area (Å²) in [5.74, 6) is -2.01. The van der Waals surface area contributed by atoms with Crippen LogP contribution in [0.25, 0.3) is 0 Å². The van der Waals surface area contributed by atoms with E-state index < -0.39 is 11.8 Å². The Bertz CT molecular complexity index is 672. The molecule has 0 aliphatic heterocycles. The number of nitrogen functional groups attached to an aromatic ring is 1. The third kappa shape index (κ3) is 3.13. The Morgan fingerprint density at radius 1 is 1.57 bits per heavy atom. The molecule has 21 heavy (non-hydrogen) atoms. The Labute approximate surface area is 125 Å². The first-order valence-corrected chi connectivity index (χ1v) is 7.28. The lowest BCUT2D eigenvalue weighted by molar-refractivity contribution is 0.0698. The van der Waals surface area contributed by atoms with Crippen LogP contribution in [0.3, 0.4) is 0 Å². The van der Waals surface area contributed by atoms with Gasteiger partial charge in [0.15, 0.2) is 0 Å². The normalized spacial score (nSPS) is 12.1. The van der Waals surface area contributed by atoms with Gasteiger partial charge in [-0.05, 0) is 25.5 Å². The number of halogens is 1. The van der Waals surface area contributed by atoms with E-state index in [1.807, 2.05) is 13.8 Å². The average molecular weight is 309 g/mol. The molecule has 0 saturated carbocycles. The minimum atomic E-state index is -1.27. The summed E-state index contributed by atoms with van der Waals surface area (Å²) < 4.78 is 13.4. The average Bonchev–Trinajstić information content (AvgIpc) is 2.91. The summed E-state index contributed by atoms with van der Waals surface area (Å²) in [5, 5.41) is 13.1. The van der Waals surface area contributed by atoms with Gasteiger partial charge in [-0.15, -0.1) is 11.3 Å². The molecule has 1 aromatic heterocycles. The number of hydrogen-bond donors (Lipinski definition) is 3. The van der Waals surface area contributed by atoms with Crippen molar-refractivity contribution in [3.05, 3.63) is 39.6 Å². The lowest BCUT2D eigenvalue weighted by atomic mass is 10.1. The van der Waals surface area contributed by atoms with Crippen molar-refractivity contribution >= 4 is 28.7 Å². The van der Waals surface area contributed by atoms with Crippen LogP contribution >= 0.6 is 11.3 Å². The number of hydrogen-bond acceptors (Lipinski definition) is 5. The van der Waals surface area contributed by atoms with Gasteiger partial charge in [0.05, 0.1) is 17.4 Å². The smallest absolute Gasteiger partial charge is 0.340 e. The predicted octanol–water partition coefficient (Wildman–Crippen LogP) is 3.30. The zero-order chi connectivity index (χ0) is 15.6. The maximum atomic E-state index is 13.4. The summed E-state index contributed by atoms with van der Waals surface area (Å²) in [6.07, 6.45) is 2.70. The van der Waals surface area contributed by atoms with E-state index in [1.165, 1.54) is 6.07 Å². The molecule has 1 heterocycles. The number of aryl methyl sites for hydroxylation is 1. The maximum Gasteiger partial charge on any atom is 0.340 e. The molecule has 0 amide bonds. The molecule has 0 aliphatic rings. The van der Waals surface area contributed by atoms with E-state index in [9.17, 15) is 14.3 Å². The van der Waals surface area contributed by atoms with Crippen molar-refractivity contribution < 1.29 is 14.3 Å². The fourth-order valence-electron chi connectivity index (χ4n) is 1.93. The van der Waals surface area contributed by atoms with Gasteiger partial charge in [-0.1, -0.05) is 6.92 Å². The number of carboxylic acid groups (broad SMARTS) is 1. The molecule has 7 heteroatoms. The minimum absolute atomic E-state index is 0.196. The van der Waals surface area contributed by atoms with Crippen molar-refractivity contribution in [1.29, 1.82) is 0 Å². The lowest BCUT2D eigenvalue weighted by Gasteiger charge is -2.16. The van der Waals surface area contributed by atoms with Gasteiger partial charge < -0.3 is 16.2 Å². The topological polar surface area (TPSA) is 88.2 Å². The van der Waals surface area contributed by atoms with E-state index in [0.29, 0.717) is 0 Å². The van der Waals surface area contributed by atoms with Gasteiger partial charge in [-0.2, -0.15) is 0 Å². The van der Waals surface area contributed by atoms with Gasteiger partial charge in [0.1, 0.15) is 16.4 Å². The third-order valence-corrected chi connectivity index (χ3v) is 4.39. The molecular weight excluding hydrogens is 293 g/mol. The number of aromatic carboxylic acids is 1. The number of carbonyl (C=O) groups is 1. The number of benzene rings is 1. The Morgan fingerprint density at radius 2 is 2.29 bits per heavy atom. The second kappa shape index (κ2) is 6.09. The summed E-state index contributed by atoms with van der Waals surface area (Å²) in [4.78, 5) is 16.7. The molecule has 2 rings (SSSR count). The number of rotatable bonds is 5. The molecule has 1 aromatic carbocycles. The van der Waals surface area contributed by atoms with Crippen LogP contribution in [0.5, 0.6) is 0 Å². The molecule has 1 unspecified atom stereocenters. The molecule has 0 bridgehead atoms. The first kappa shape index (κ1) is 15.2. The molecule has 0 aliphatic carbocycles. The fraction of sp³-hybridized carbons (Fsp3) is 0.286. The van der Waals surface area contributed by atoms with Crippen LogP contribution in [0, 0.1) is 5.82 Å². The number of thiazole rings is 1. The number of carboxylic acids is 1. The summed E-state index contributed by atoms with van der Waals surface area (Å²) in [5.41, 5.74) is 5.17. The van der Waals surface area contributed by atoms with Crippen molar-refractivity contribution in [3.63, 3.8) is 0 Å². The molecular formula is C14H16FN3O2S. The van der Waals surface area contributed by atoms with Crippen LogP contribution in [-0.4, -0.2) is 16.1 Å². The summed E-state index contributed by atoms with van der Waals surface area (Å²) >= 11 is 1.56. The lowest BCUT2D eigenvalue weighted by Crippen LogP contribution is -2.13. The van der Waals surface area contributed by atoms with E-state index in [1.54, 1.807) is 17.5 Å². The molecule has 0 radical (unpaired) electrons. The molecule has 4 N–H and O–H groups in total. The van der Waals surface area contributed by atoms with Crippen molar-refractivity contribution in [2.75, 3.05) is 11.1 Å². The summed E-state index contributed by atoms with van der Waals surface area (Å²) in [6, 6.07) is 2.33. The number of nitrogens with zero attached hydrogens (tertiary/aromatic N) is 1. The van der Waals surface area contributed by atoms with Crippen molar-refractivity contribution in [3.8, 4) is 0 Å². The molecule has 112 valence electrons. The number of nitrogens with one attached hydrogen (secondary N) is 1. The van der Waals surface area contributed by atoms with Gasteiger partial charge in [-0.25, -0.2) is 14.2 Å². The number of anilines is 2. The van der Waals surface area contributed by atoms with Gasteiger partial charge in [-0.3, -0.25) is 0 Å². The van der Waals surface area contributed by atoms with E-state index in [2.05, 4.69) is 10.3 Å². The maximum absolute atomic E-state index is 13.4. The van der Waals surface area contributed by atoms with Crippen LogP contribution in [0.1, 0.15) is 40.1 Å². The van der Waals surface area contributed by atoms with Gasteiger partial charge in [0.2, 0.25) is 0 Å². The third-order valence-electron chi connectivity index (χ3n) is 3.07. The molecule has 0 spiro atoms. The van der Waals surface area contributed by atoms with Gasteiger partial charge in [0.25, 0.3) is 0 Å². The highest BCUT2D eigenvalue weighted by molar-refractivity contribution is 7.11. The van der Waals surface area contributed by atoms with Crippen LogP contribution in [-0.2, 0) is 6.42 Å². The standard InChI is InChI=1S/C14H16FN3O2S/c1-3-8-6-17-13(21-8)7(2)18-10-5-4-9(15)12(16)11(10)14(19)20/h4-7,18H,3,16H2,1-2H3,(H,19,20). The molecule has 0 fully saturated rings. The second-order valence-corrected chi connectivity index (χ2v) is 5.72. The molecule has 0 saturated heterocycles. The Balaban J connectivity index is 2.30. The zero-order valence-electron chi connectivity index (χ0n) is 11.7. The molecule has 2 aromatic rings. The fourth-order valence-corrected chi connectivity index (χ4v) is 2.79. The Morgan fingerprint density at radius 3 is 2.86 bits per heavy atom. The first-order valence-electron chi connectivity index (χ1n) is 6.46. The van der Waals surface area contributed by atoms with E-state index in [4.69, 9.17) is 5.73 Å². The van der Waals surface area contributed by atoms with Gasteiger partial charge >= 0.3 is 5.97 Å². The number of nitrogens with two attached hydrogens (primary N) is 1. The van der Waals surface area contributed by atoms with Crippen LogP contribution < -0.4 is 11.1 Å². The number of aromatic nitrogens is 1. The molecule has 1 atom stereocenters. The van der Waals surface area contributed by atoms with Crippen LogP contribution in [0.15, 0.2) is 18.3 Å². The quantitative estimate of drug-likeness (QED) is 0.738. The highest BCUT2D eigenvalue weighted by Gasteiger charge is 2.20. The highest BCUT2D eigenvalue weighted by atomic mass is 32.1. The summed E-state index contributed by atoms with van der Waals surface area (Å²) in [6.45, 7) is 3.90. The monoisotopic (exact) mass is 309 g/mol. The van der Waals surface area contributed by atoms with Crippen LogP contribution in [0.2, 0.25) is 0 Å². The van der Waals surface area contributed by atoms with E-state index in [0.717, 1.165) is 22.4 Å². The van der Waals surface area contributed by atoms with E-state index in [-0.39, 0.29) is 23.0 Å². The van der Waals surface area contributed by atoms with Crippen LogP contribution in [0.4, 0.5) is 15.8 Å². The predicted molar refractivity (Wildman–Crippen MR) is 81.3 cm³/mol. The zero-order valence-corrected chi connectivity index (χ0v) is 12.5. The minimum Gasteiger partial charge on any atom is -0.478 e. The molecule has 5 nitrogen and oxygen atoms in total. The van der Waals surface area contributed by atoms with Crippen molar-refractivity contribution in [2.24, 2.45) is 0 Å². The highest BCUT2D eigenvalue weighted by Crippen LogP contribution is 2.29. The Kier molecular flexibility index (Phi) is 4.42. The van der Waals surface area contributed by atoms with E-state index >= 15 is 0 Å². The SMILES string of the molecule is CCc1cnc(C(C)Nc2ccc(F)c(N)c2C(=O)O)s1. The van der Waals surface area contributed by atoms with Crippen molar-refractivity contribution in [2.45, 2.75) is 26.3 Å². The van der Waals surface area contributed by atoms with Gasteiger partial charge in [0, 0.05) is 11.1 Å². The van der Waals surface area contributed by atoms with Crippen molar-refractivity contribution in [1.82, 2.24) is 4.98 Å². The Hall–Kier alpha value is -2.15. The largest absolute Gasteiger partial charge is 0.478 e.